The first-order valence-electron chi connectivity index (χ1n) is 6.52. The molecule has 6 heteroatoms. The summed E-state index contributed by atoms with van der Waals surface area (Å²) in [4.78, 5) is 11.9. The number of phenolic OH excluding ortho intramolecular Hbond substituents is 2. The molecule has 0 aliphatic carbocycles. The van der Waals surface area contributed by atoms with Gasteiger partial charge in [-0.05, 0) is 49.4 Å². The number of carbonyl (C=O) groups is 1. The minimum absolute atomic E-state index is 0.0344. The minimum Gasteiger partial charge on any atom is -0.508 e. The SMILES string of the molecule is COc1cc(/C(C)=N\NC(=O)c2ccc(O)cc2)ccc1O. The molecular formula is C16H16N2O4. The molecule has 3 N–H and O–H groups in total. The molecule has 0 fully saturated rings. The largest absolute Gasteiger partial charge is 0.508 e. The van der Waals surface area contributed by atoms with Crippen LogP contribution in [-0.4, -0.2) is 28.9 Å². The van der Waals surface area contributed by atoms with Crippen LogP contribution in [0.15, 0.2) is 47.6 Å². The number of hydrogen-bond acceptors (Lipinski definition) is 5. The highest BCUT2D eigenvalue weighted by Gasteiger charge is 2.07. The molecule has 0 bridgehead atoms. The standard InChI is InChI=1S/C16H16N2O4/c1-10(12-5-8-14(20)15(9-12)22-2)17-18-16(21)11-3-6-13(19)7-4-11/h3-9,19-20H,1-2H3,(H,18,21)/b17-10-. The first-order valence-corrected chi connectivity index (χ1v) is 6.52. The molecule has 0 atom stereocenters. The lowest BCUT2D eigenvalue weighted by atomic mass is 10.1. The normalized spacial score (nSPS) is 11.1. The van der Waals surface area contributed by atoms with Crippen LogP contribution >= 0.6 is 0 Å². The van der Waals surface area contributed by atoms with E-state index in [-0.39, 0.29) is 17.4 Å². The van der Waals surface area contributed by atoms with Gasteiger partial charge in [-0.2, -0.15) is 5.10 Å². The number of amides is 1. The molecule has 0 aliphatic rings. The fraction of sp³-hybridized carbons (Fsp3) is 0.125. The van der Waals surface area contributed by atoms with Crippen molar-refractivity contribution in [2.24, 2.45) is 5.10 Å². The van der Waals surface area contributed by atoms with Gasteiger partial charge in [-0.15, -0.1) is 0 Å². The first kappa shape index (κ1) is 15.4. The van der Waals surface area contributed by atoms with E-state index in [9.17, 15) is 15.0 Å². The van der Waals surface area contributed by atoms with Crippen LogP contribution in [0.25, 0.3) is 0 Å². The predicted molar refractivity (Wildman–Crippen MR) is 82.4 cm³/mol. The van der Waals surface area contributed by atoms with Crippen LogP contribution in [0.3, 0.4) is 0 Å². The number of hydrazone groups is 1. The number of methoxy groups -OCH3 is 1. The molecule has 114 valence electrons. The van der Waals surface area contributed by atoms with E-state index in [0.29, 0.717) is 22.6 Å². The second kappa shape index (κ2) is 6.62. The summed E-state index contributed by atoms with van der Waals surface area (Å²) in [5.41, 5.74) is 4.09. The van der Waals surface area contributed by atoms with E-state index in [1.807, 2.05) is 0 Å². The van der Waals surface area contributed by atoms with Crippen molar-refractivity contribution in [3.05, 3.63) is 53.6 Å². The number of aromatic hydroxyl groups is 2. The Labute approximate surface area is 127 Å². The van der Waals surface area contributed by atoms with Gasteiger partial charge in [-0.25, -0.2) is 5.43 Å². The summed E-state index contributed by atoms with van der Waals surface area (Å²) in [7, 11) is 1.46. The van der Waals surface area contributed by atoms with Gasteiger partial charge >= 0.3 is 0 Å². The predicted octanol–water partition coefficient (Wildman–Crippen LogP) is 2.26. The Hall–Kier alpha value is -3.02. The molecular weight excluding hydrogens is 284 g/mol. The third kappa shape index (κ3) is 3.54. The fourth-order valence-corrected chi connectivity index (χ4v) is 1.78. The van der Waals surface area contributed by atoms with Crippen molar-refractivity contribution in [1.82, 2.24) is 5.43 Å². The Kier molecular flexibility index (Phi) is 4.63. The molecule has 0 saturated carbocycles. The summed E-state index contributed by atoms with van der Waals surface area (Å²) < 4.78 is 5.03. The number of hydrogen-bond donors (Lipinski definition) is 3. The zero-order valence-corrected chi connectivity index (χ0v) is 12.2. The first-order chi connectivity index (χ1) is 10.5. The van der Waals surface area contributed by atoms with Crippen LogP contribution < -0.4 is 10.2 Å². The molecule has 6 nitrogen and oxygen atoms in total. The fourth-order valence-electron chi connectivity index (χ4n) is 1.78. The highest BCUT2D eigenvalue weighted by Crippen LogP contribution is 2.26. The van der Waals surface area contributed by atoms with E-state index < -0.39 is 0 Å². The summed E-state index contributed by atoms with van der Waals surface area (Å²) in [6, 6.07) is 10.6. The van der Waals surface area contributed by atoms with Gasteiger partial charge in [0.2, 0.25) is 0 Å². The molecule has 0 heterocycles. The summed E-state index contributed by atoms with van der Waals surface area (Å²) in [6.07, 6.45) is 0. The molecule has 2 aromatic rings. The third-order valence-corrected chi connectivity index (χ3v) is 3.05. The van der Waals surface area contributed by atoms with E-state index in [0.717, 1.165) is 0 Å². The van der Waals surface area contributed by atoms with Gasteiger partial charge in [0.05, 0.1) is 12.8 Å². The van der Waals surface area contributed by atoms with E-state index in [2.05, 4.69) is 10.5 Å². The van der Waals surface area contributed by atoms with Crippen molar-refractivity contribution in [3.63, 3.8) is 0 Å². The Morgan fingerprint density at radius 3 is 2.36 bits per heavy atom. The van der Waals surface area contributed by atoms with Gasteiger partial charge in [-0.3, -0.25) is 4.79 Å². The Morgan fingerprint density at radius 2 is 1.73 bits per heavy atom. The van der Waals surface area contributed by atoms with Gasteiger partial charge in [0.15, 0.2) is 11.5 Å². The Morgan fingerprint density at radius 1 is 1.09 bits per heavy atom. The van der Waals surface area contributed by atoms with Gasteiger partial charge in [-0.1, -0.05) is 0 Å². The van der Waals surface area contributed by atoms with E-state index in [1.165, 1.54) is 37.4 Å². The second-order valence-electron chi connectivity index (χ2n) is 4.57. The molecule has 0 spiro atoms. The lowest BCUT2D eigenvalue weighted by Gasteiger charge is -2.07. The molecule has 22 heavy (non-hydrogen) atoms. The molecule has 0 saturated heterocycles. The van der Waals surface area contributed by atoms with Crippen LogP contribution in [-0.2, 0) is 0 Å². The van der Waals surface area contributed by atoms with Crippen LogP contribution in [0, 0.1) is 0 Å². The number of benzene rings is 2. The topological polar surface area (TPSA) is 91.2 Å². The number of nitrogens with zero attached hydrogens (tertiary/aromatic N) is 1. The van der Waals surface area contributed by atoms with Gasteiger partial charge in [0, 0.05) is 11.1 Å². The van der Waals surface area contributed by atoms with Crippen molar-refractivity contribution in [3.8, 4) is 17.2 Å². The zero-order valence-electron chi connectivity index (χ0n) is 12.2. The summed E-state index contributed by atoms with van der Waals surface area (Å²) in [6.45, 7) is 1.73. The average Bonchev–Trinajstić information content (AvgIpc) is 2.53. The smallest absolute Gasteiger partial charge is 0.271 e. The number of nitrogens with one attached hydrogen (secondary N) is 1. The number of carbonyl (C=O) groups excluding carboxylic acids is 1. The van der Waals surface area contributed by atoms with E-state index in [1.54, 1.807) is 19.1 Å². The maximum atomic E-state index is 11.9. The zero-order chi connectivity index (χ0) is 16.1. The number of phenols is 2. The molecule has 0 aliphatic heterocycles. The summed E-state index contributed by atoms with van der Waals surface area (Å²) in [5, 5.41) is 22.8. The van der Waals surface area contributed by atoms with Gasteiger partial charge < -0.3 is 14.9 Å². The van der Waals surface area contributed by atoms with Crippen molar-refractivity contribution in [1.29, 1.82) is 0 Å². The second-order valence-corrected chi connectivity index (χ2v) is 4.57. The van der Waals surface area contributed by atoms with Crippen molar-refractivity contribution in [2.45, 2.75) is 6.92 Å². The number of rotatable bonds is 4. The quantitative estimate of drug-likeness (QED) is 0.596. The molecule has 0 radical (unpaired) electrons. The molecule has 1 amide bonds. The number of ether oxygens (including phenoxy) is 1. The molecule has 0 unspecified atom stereocenters. The van der Waals surface area contributed by atoms with Gasteiger partial charge in [0.25, 0.3) is 5.91 Å². The molecule has 2 rings (SSSR count). The summed E-state index contributed by atoms with van der Waals surface area (Å²) >= 11 is 0. The van der Waals surface area contributed by atoms with E-state index in [4.69, 9.17) is 4.74 Å². The van der Waals surface area contributed by atoms with Crippen molar-refractivity contribution >= 4 is 11.6 Å². The van der Waals surface area contributed by atoms with Crippen LogP contribution in [0.2, 0.25) is 0 Å². The average molecular weight is 300 g/mol. The van der Waals surface area contributed by atoms with Crippen LogP contribution in [0.5, 0.6) is 17.2 Å². The van der Waals surface area contributed by atoms with Crippen LogP contribution in [0.4, 0.5) is 0 Å². The van der Waals surface area contributed by atoms with Gasteiger partial charge in [0.1, 0.15) is 5.75 Å². The maximum absolute atomic E-state index is 11.9. The third-order valence-electron chi connectivity index (χ3n) is 3.05. The maximum Gasteiger partial charge on any atom is 0.271 e. The Bertz CT molecular complexity index is 709. The van der Waals surface area contributed by atoms with Crippen LogP contribution in [0.1, 0.15) is 22.8 Å². The van der Waals surface area contributed by atoms with E-state index >= 15 is 0 Å². The van der Waals surface area contributed by atoms with Crippen molar-refractivity contribution in [2.75, 3.05) is 7.11 Å². The highest BCUT2D eigenvalue weighted by atomic mass is 16.5. The minimum atomic E-state index is -0.384. The summed E-state index contributed by atoms with van der Waals surface area (Å²) in [5.74, 6) is 0.0709. The lowest BCUT2D eigenvalue weighted by molar-refractivity contribution is 0.0955. The van der Waals surface area contributed by atoms with Crippen molar-refractivity contribution < 1.29 is 19.7 Å². The molecule has 2 aromatic carbocycles. The Balaban J connectivity index is 2.12. The molecule has 0 aromatic heterocycles. The monoisotopic (exact) mass is 300 g/mol. The highest BCUT2D eigenvalue weighted by molar-refractivity contribution is 6.01. The lowest BCUT2D eigenvalue weighted by Crippen LogP contribution is -2.19.